The third-order valence-electron chi connectivity index (χ3n) is 3.85. The van der Waals surface area contributed by atoms with E-state index in [1.807, 2.05) is 36.4 Å². The van der Waals surface area contributed by atoms with Crippen molar-refractivity contribution in [1.29, 1.82) is 0 Å². The van der Waals surface area contributed by atoms with Crippen LogP contribution in [0, 0.1) is 0 Å². The number of esters is 1. The smallest absolute Gasteiger partial charge is 0.343 e. The van der Waals surface area contributed by atoms with Crippen molar-refractivity contribution in [2.24, 2.45) is 0 Å². The third-order valence-corrected chi connectivity index (χ3v) is 3.85. The van der Waals surface area contributed by atoms with E-state index in [0.29, 0.717) is 22.8 Å². The second kappa shape index (κ2) is 8.67. The average molecular weight is 361 g/mol. The van der Waals surface area contributed by atoms with Gasteiger partial charge in [-0.3, -0.25) is 4.98 Å². The monoisotopic (exact) mass is 361 g/mol. The van der Waals surface area contributed by atoms with Gasteiger partial charge in [0, 0.05) is 6.20 Å². The van der Waals surface area contributed by atoms with Crippen molar-refractivity contribution in [2.75, 3.05) is 14.2 Å². The quantitative estimate of drug-likeness (QED) is 0.478. The lowest BCUT2D eigenvalue weighted by Gasteiger charge is -2.10. The van der Waals surface area contributed by atoms with E-state index in [-0.39, 0.29) is 0 Å². The van der Waals surface area contributed by atoms with Gasteiger partial charge >= 0.3 is 5.97 Å². The van der Waals surface area contributed by atoms with Crippen LogP contribution in [-0.4, -0.2) is 25.2 Å². The minimum absolute atomic E-state index is 0.355. The zero-order chi connectivity index (χ0) is 19.1. The van der Waals surface area contributed by atoms with Gasteiger partial charge in [0.15, 0.2) is 11.5 Å². The van der Waals surface area contributed by atoms with Crippen molar-refractivity contribution in [1.82, 2.24) is 4.98 Å². The number of pyridine rings is 1. The summed E-state index contributed by atoms with van der Waals surface area (Å²) in [6.45, 7) is 0. The number of carbonyl (C=O) groups excluding carboxylic acids is 1. The molecule has 0 aliphatic rings. The Balaban J connectivity index is 1.75. The molecule has 0 saturated carbocycles. The second-order valence-electron chi connectivity index (χ2n) is 5.62. The molecule has 2 aromatic carbocycles. The molecule has 0 unspecified atom stereocenters. The van der Waals surface area contributed by atoms with Crippen molar-refractivity contribution < 1.29 is 19.0 Å². The van der Waals surface area contributed by atoms with Crippen LogP contribution in [0.4, 0.5) is 0 Å². The number of carbonyl (C=O) groups is 1. The first kappa shape index (κ1) is 18.2. The number of benzene rings is 2. The molecule has 3 aromatic rings. The lowest BCUT2D eigenvalue weighted by molar-refractivity contribution is 0.0729. The Kier molecular flexibility index (Phi) is 5.84. The van der Waals surface area contributed by atoms with Crippen molar-refractivity contribution in [3.63, 3.8) is 0 Å². The number of methoxy groups -OCH3 is 2. The van der Waals surface area contributed by atoms with Crippen LogP contribution in [0.1, 0.15) is 21.6 Å². The molecule has 0 N–H and O–H groups in total. The Morgan fingerprint density at radius 2 is 1.70 bits per heavy atom. The zero-order valence-corrected chi connectivity index (χ0v) is 15.1. The largest absolute Gasteiger partial charge is 0.497 e. The molecule has 0 aliphatic carbocycles. The molecule has 0 saturated heterocycles. The molecular formula is C22H19NO4. The lowest BCUT2D eigenvalue weighted by Crippen LogP contribution is -2.09. The maximum Gasteiger partial charge on any atom is 0.343 e. The van der Waals surface area contributed by atoms with Crippen LogP contribution in [0.15, 0.2) is 66.9 Å². The number of hydrogen-bond donors (Lipinski definition) is 0. The summed E-state index contributed by atoms with van der Waals surface area (Å²) in [7, 11) is 3.11. The van der Waals surface area contributed by atoms with Crippen molar-refractivity contribution in [2.45, 2.75) is 0 Å². The first-order valence-electron chi connectivity index (χ1n) is 8.33. The van der Waals surface area contributed by atoms with Gasteiger partial charge in [0.05, 0.1) is 25.5 Å². The molecule has 0 amide bonds. The van der Waals surface area contributed by atoms with Gasteiger partial charge in [-0.25, -0.2) is 4.79 Å². The van der Waals surface area contributed by atoms with Gasteiger partial charge in [-0.05, 0) is 60.2 Å². The van der Waals surface area contributed by atoms with Crippen molar-refractivity contribution in [3.05, 3.63) is 83.7 Å². The fourth-order valence-electron chi connectivity index (χ4n) is 2.41. The Labute approximate surface area is 157 Å². The van der Waals surface area contributed by atoms with E-state index in [0.717, 1.165) is 11.3 Å². The summed E-state index contributed by atoms with van der Waals surface area (Å²) in [6, 6.07) is 17.8. The Morgan fingerprint density at radius 1 is 0.889 bits per heavy atom. The number of nitrogens with zero attached hydrogens (tertiary/aromatic N) is 1. The van der Waals surface area contributed by atoms with Crippen LogP contribution in [0.2, 0.25) is 0 Å². The van der Waals surface area contributed by atoms with Gasteiger partial charge in [-0.1, -0.05) is 18.2 Å². The molecule has 1 heterocycles. The van der Waals surface area contributed by atoms with Crippen LogP contribution in [-0.2, 0) is 0 Å². The van der Waals surface area contributed by atoms with Gasteiger partial charge in [0.25, 0.3) is 0 Å². The molecule has 136 valence electrons. The van der Waals surface area contributed by atoms with E-state index in [1.54, 1.807) is 49.7 Å². The average Bonchev–Trinajstić information content (AvgIpc) is 2.73. The fraction of sp³-hybridized carbons (Fsp3) is 0.0909. The van der Waals surface area contributed by atoms with E-state index in [2.05, 4.69) is 4.98 Å². The molecule has 3 rings (SSSR count). The van der Waals surface area contributed by atoms with Crippen LogP contribution in [0.5, 0.6) is 17.2 Å². The summed E-state index contributed by atoms with van der Waals surface area (Å²) < 4.78 is 15.9. The van der Waals surface area contributed by atoms with E-state index in [9.17, 15) is 4.79 Å². The lowest BCUT2D eigenvalue weighted by atomic mass is 10.1. The zero-order valence-electron chi connectivity index (χ0n) is 15.1. The summed E-state index contributed by atoms with van der Waals surface area (Å²) in [5.41, 5.74) is 2.19. The van der Waals surface area contributed by atoms with E-state index < -0.39 is 5.97 Å². The van der Waals surface area contributed by atoms with Gasteiger partial charge in [-0.15, -0.1) is 0 Å². The molecule has 5 heteroatoms. The van der Waals surface area contributed by atoms with Gasteiger partial charge in [-0.2, -0.15) is 0 Å². The molecule has 0 spiro atoms. The van der Waals surface area contributed by atoms with Crippen molar-refractivity contribution in [3.8, 4) is 17.2 Å². The number of aromatic nitrogens is 1. The highest BCUT2D eigenvalue weighted by atomic mass is 16.6. The van der Waals surface area contributed by atoms with Crippen LogP contribution in [0.25, 0.3) is 12.2 Å². The normalized spacial score (nSPS) is 10.6. The highest BCUT2D eigenvalue weighted by Crippen LogP contribution is 2.29. The summed E-state index contributed by atoms with van der Waals surface area (Å²) in [5, 5.41) is 0. The molecule has 0 atom stereocenters. The number of rotatable bonds is 6. The number of hydrogen-bond acceptors (Lipinski definition) is 5. The highest BCUT2D eigenvalue weighted by molar-refractivity contribution is 5.91. The van der Waals surface area contributed by atoms with Gasteiger partial charge in [0.2, 0.25) is 0 Å². The predicted octanol–water partition coefficient (Wildman–Crippen LogP) is 4.49. The summed E-state index contributed by atoms with van der Waals surface area (Å²) in [4.78, 5) is 16.6. The topological polar surface area (TPSA) is 57.7 Å². The molecule has 27 heavy (non-hydrogen) atoms. The molecule has 0 bridgehead atoms. The maximum atomic E-state index is 12.3. The fourth-order valence-corrected chi connectivity index (χ4v) is 2.41. The van der Waals surface area contributed by atoms with E-state index in [4.69, 9.17) is 14.2 Å². The maximum absolute atomic E-state index is 12.3. The van der Waals surface area contributed by atoms with Crippen LogP contribution >= 0.6 is 0 Å². The van der Waals surface area contributed by atoms with Crippen LogP contribution in [0.3, 0.4) is 0 Å². The van der Waals surface area contributed by atoms with Crippen molar-refractivity contribution >= 4 is 18.1 Å². The van der Waals surface area contributed by atoms with Gasteiger partial charge in [0.1, 0.15) is 5.75 Å². The van der Waals surface area contributed by atoms with E-state index in [1.165, 1.54) is 7.11 Å². The minimum atomic E-state index is -0.465. The highest BCUT2D eigenvalue weighted by Gasteiger charge is 2.12. The molecule has 0 radical (unpaired) electrons. The Hall–Kier alpha value is -3.60. The molecule has 0 fully saturated rings. The van der Waals surface area contributed by atoms with Crippen LogP contribution < -0.4 is 14.2 Å². The summed E-state index contributed by atoms with van der Waals surface area (Å²) in [5.74, 6) is 1.04. The number of ether oxygens (including phenoxy) is 3. The standard InChI is InChI=1S/C22H19NO4/c1-25-19-11-8-17(9-12-19)22(24)27-20-13-7-16(15-21(20)26-2)6-10-18-5-3-4-14-23-18/h3-15H,1-2H3/b10-6+. The molecule has 5 nitrogen and oxygen atoms in total. The molecular weight excluding hydrogens is 342 g/mol. The third kappa shape index (κ3) is 4.73. The van der Waals surface area contributed by atoms with E-state index >= 15 is 0 Å². The SMILES string of the molecule is COc1ccc(C(=O)Oc2ccc(/C=C/c3ccccn3)cc2OC)cc1. The predicted molar refractivity (Wildman–Crippen MR) is 104 cm³/mol. The minimum Gasteiger partial charge on any atom is -0.497 e. The first-order valence-corrected chi connectivity index (χ1v) is 8.33. The molecule has 0 aliphatic heterocycles. The molecule has 1 aromatic heterocycles. The van der Waals surface area contributed by atoms with Gasteiger partial charge < -0.3 is 14.2 Å². The second-order valence-corrected chi connectivity index (χ2v) is 5.62. The first-order chi connectivity index (χ1) is 13.2. The Bertz CT molecular complexity index is 934. The Morgan fingerprint density at radius 3 is 2.37 bits per heavy atom. The summed E-state index contributed by atoms with van der Waals surface area (Å²) in [6.07, 6.45) is 5.56. The summed E-state index contributed by atoms with van der Waals surface area (Å²) >= 11 is 0.